The molecule has 35 heavy (non-hydrogen) atoms. The van der Waals surface area contributed by atoms with Crippen LogP contribution in [-0.2, 0) is 11.2 Å². The molecule has 0 radical (unpaired) electrons. The highest BCUT2D eigenvalue weighted by molar-refractivity contribution is 5.83. The SMILES string of the molecule is COc1ccc(CC(=O)NN=Cc2cccc(Oc3ccc([N+](=O)[O-])cc3[N+](=O)[O-])c2)cc1OC. The lowest BCUT2D eigenvalue weighted by Gasteiger charge is -2.09. The van der Waals surface area contributed by atoms with Gasteiger partial charge in [-0.2, -0.15) is 5.10 Å². The molecule has 0 saturated heterocycles. The number of carbonyl (C=O) groups is 1. The minimum absolute atomic E-state index is 0.0602. The minimum Gasteiger partial charge on any atom is -0.493 e. The highest BCUT2D eigenvalue weighted by Gasteiger charge is 2.21. The molecule has 3 aromatic carbocycles. The highest BCUT2D eigenvalue weighted by Crippen LogP contribution is 2.34. The summed E-state index contributed by atoms with van der Waals surface area (Å²) in [5.74, 6) is 0.782. The smallest absolute Gasteiger partial charge is 0.318 e. The predicted octanol–water partition coefficient (Wildman–Crippen LogP) is 4.01. The Morgan fingerprint density at radius 3 is 2.37 bits per heavy atom. The Kier molecular flexibility index (Phi) is 7.90. The molecule has 0 fully saturated rings. The van der Waals surface area contributed by atoms with Crippen molar-refractivity contribution in [3.8, 4) is 23.0 Å². The molecule has 1 N–H and O–H groups in total. The molecule has 0 unspecified atom stereocenters. The number of carbonyl (C=O) groups excluding carboxylic acids is 1. The van der Waals surface area contributed by atoms with E-state index >= 15 is 0 Å². The summed E-state index contributed by atoms with van der Waals surface area (Å²) in [4.78, 5) is 32.9. The van der Waals surface area contributed by atoms with Gasteiger partial charge in [-0.05, 0) is 41.5 Å². The molecule has 0 bridgehead atoms. The van der Waals surface area contributed by atoms with Gasteiger partial charge in [-0.15, -0.1) is 0 Å². The number of ether oxygens (including phenoxy) is 3. The maximum Gasteiger partial charge on any atom is 0.318 e. The van der Waals surface area contributed by atoms with Crippen molar-refractivity contribution in [2.45, 2.75) is 6.42 Å². The number of hydrazone groups is 1. The van der Waals surface area contributed by atoms with E-state index < -0.39 is 21.2 Å². The quantitative estimate of drug-likeness (QED) is 0.259. The van der Waals surface area contributed by atoms with Crippen molar-refractivity contribution in [1.82, 2.24) is 5.43 Å². The second-order valence-electron chi connectivity index (χ2n) is 7.00. The zero-order valence-electron chi connectivity index (χ0n) is 18.7. The Hall–Kier alpha value is -5.00. The lowest BCUT2D eigenvalue weighted by atomic mass is 10.1. The number of non-ortho nitro benzene ring substituents is 1. The van der Waals surface area contributed by atoms with Crippen LogP contribution >= 0.6 is 0 Å². The van der Waals surface area contributed by atoms with Gasteiger partial charge in [0.05, 0.1) is 42.8 Å². The Morgan fingerprint density at radius 1 is 0.943 bits per heavy atom. The summed E-state index contributed by atoms with van der Waals surface area (Å²) >= 11 is 0. The number of rotatable bonds is 10. The van der Waals surface area contributed by atoms with Crippen LogP contribution in [-0.4, -0.2) is 36.2 Å². The van der Waals surface area contributed by atoms with Crippen LogP contribution in [0.1, 0.15) is 11.1 Å². The maximum atomic E-state index is 12.2. The standard InChI is InChI=1S/C23H20N4O8/c1-33-21-8-6-15(11-22(21)34-2)12-23(28)25-24-14-16-4-3-5-18(10-16)35-20-9-7-17(26(29)30)13-19(20)27(31)32/h3-11,13-14H,12H2,1-2H3,(H,25,28). The topological polar surface area (TPSA) is 155 Å². The van der Waals surface area contributed by atoms with E-state index in [2.05, 4.69) is 10.5 Å². The van der Waals surface area contributed by atoms with Gasteiger partial charge in [-0.1, -0.05) is 18.2 Å². The Balaban J connectivity index is 1.66. The first kappa shape index (κ1) is 24.6. The van der Waals surface area contributed by atoms with Crippen LogP contribution < -0.4 is 19.6 Å². The first-order valence-electron chi connectivity index (χ1n) is 10.0. The van der Waals surface area contributed by atoms with Crippen LogP contribution in [0.4, 0.5) is 11.4 Å². The maximum absolute atomic E-state index is 12.2. The first-order chi connectivity index (χ1) is 16.8. The van der Waals surface area contributed by atoms with Gasteiger partial charge in [0.2, 0.25) is 11.7 Å². The highest BCUT2D eigenvalue weighted by atomic mass is 16.6. The minimum atomic E-state index is -0.762. The fourth-order valence-electron chi connectivity index (χ4n) is 3.03. The molecular formula is C23H20N4O8. The number of benzene rings is 3. The van der Waals surface area contributed by atoms with E-state index in [1.807, 2.05) is 0 Å². The Labute approximate surface area is 199 Å². The number of nitrogens with one attached hydrogen (secondary N) is 1. The monoisotopic (exact) mass is 480 g/mol. The summed E-state index contributed by atoms with van der Waals surface area (Å²) < 4.78 is 16.0. The largest absolute Gasteiger partial charge is 0.493 e. The van der Waals surface area contributed by atoms with Crippen LogP contribution in [0.2, 0.25) is 0 Å². The fraction of sp³-hybridized carbons (Fsp3) is 0.130. The molecule has 0 aromatic heterocycles. The lowest BCUT2D eigenvalue weighted by molar-refractivity contribution is -0.394. The van der Waals surface area contributed by atoms with Crippen LogP contribution in [0.25, 0.3) is 0 Å². The van der Waals surface area contributed by atoms with Gasteiger partial charge in [-0.25, -0.2) is 5.43 Å². The molecule has 12 heteroatoms. The molecule has 12 nitrogen and oxygen atoms in total. The first-order valence-corrected chi connectivity index (χ1v) is 10.0. The molecule has 0 aliphatic heterocycles. The molecule has 180 valence electrons. The molecule has 0 aliphatic rings. The van der Waals surface area contributed by atoms with Crippen molar-refractivity contribution in [1.29, 1.82) is 0 Å². The van der Waals surface area contributed by atoms with Crippen molar-refractivity contribution < 1.29 is 28.9 Å². The third kappa shape index (κ3) is 6.51. The second-order valence-corrected chi connectivity index (χ2v) is 7.00. The summed E-state index contributed by atoms with van der Waals surface area (Å²) in [5.41, 5.74) is 2.70. The number of nitrogens with zero attached hydrogens (tertiary/aromatic N) is 3. The average Bonchev–Trinajstić information content (AvgIpc) is 2.84. The van der Waals surface area contributed by atoms with Gasteiger partial charge in [-0.3, -0.25) is 25.0 Å². The summed E-state index contributed by atoms with van der Waals surface area (Å²) in [6, 6.07) is 14.6. The van der Waals surface area contributed by atoms with Gasteiger partial charge >= 0.3 is 5.69 Å². The van der Waals surface area contributed by atoms with E-state index in [0.717, 1.165) is 18.2 Å². The summed E-state index contributed by atoms with van der Waals surface area (Å²) in [5, 5.41) is 26.1. The molecule has 0 heterocycles. The van der Waals surface area contributed by atoms with Crippen LogP contribution in [0, 0.1) is 20.2 Å². The molecule has 3 aromatic rings. The summed E-state index contributed by atoms with van der Waals surface area (Å²) in [6.45, 7) is 0. The number of nitro groups is 2. The van der Waals surface area contributed by atoms with E-state index in [1.54, 1.807) is 36.4 Å². The Morgan fingerprint density at radius 2 is 1.69 bits per heavy atom. The van der Waals surface area contributed by atoms with E-state index in [9.17, 15) is 25.0 Å². The van der Waals surface area contributed by atoms with Crippen molar-refractivity contribution in [3.05, 3.63) is 92.0 Å². The Bertz CT molecular complexity index is 1290. The number of hydrogen-bond donors (Lipinski definition) is 1. The van der Waals surface area contributed by atoms with Gasteiger partial charge in [0.15, 0.2) is 11.5 Å². The van der Waals surface area contributed by atoms with Gasteiger partial charge < -0.3 is 14.2 Å². The number of amides is 1. The van der Waals surface area contributed by atoms with E-state index in [1.165, 1.54) is 26.5 Å². The molecule has 0 aliphatic carbocycles. The number of methoxy groups -OCH3 is 2. The molecule has 0 saturated carbocycles. The third-order valence-electron chi connectivity index (χ3n) is 4.65. The number of nitro benzene ring substituents is 2. The molecule has 1 amide bonds. The fourth-order valence-corrected chi connectivity index (χ4v) is 3.03. The second kappa shape index (κ2) is 11.2. The molecule has 0 spiro atoms. The van der Waals surface area contributed by atoms with E-state index in [-0.39, 0.29) is 23.8 Å². The zero-order valence-corrected chi connectivity index (χ0v) is 18.7. The average molecular weight is 480 g/mol. The third-order valence-corrected chi connectivity index (χ3v) is 4.65. The molecule has 0 atom stereocenters. The van der Waals surface area contributed by atoms with Gasteiger partial charge in [0, 0.05) is 6.07 Å². The molecule has 3 rings (SSSR count). The number of hydrogen-bond acceptors (Lipinski definition) is 9. The van der Waals surface area contributed by atoms with Crippen molar-refractivity contribution >= 4 is 23.5 Å². The summed E-state index contributed by atoms with van der Waals surface area (Å²) in [7, 11) is 3.02. The van der Waals surface area contributed by atoms with Crippen LogP contribution in [0.3, 0.4) is 0 Å². The van der Waals surface area contributed by atoms with Crippen LogP contribution in [0.5, 0.6) is 23.0 Å². The van der Waals surface area contributed by atoms with E-state index in [0.29, 0.717) is 22.6 Å². The van der Waals surface area contributed by atoms with Gasteiger partial charge in [0.1, 0.15) is 5.75 Å². The predicted molar refractivity (Wildman–Crippen MR) is 125 cm³/mol. The summed E-state index contributed by atoms with van der Waals surface area (Å²) in [6.07, 6.45) is 1.44. The molecular weight excluding hydrogens is 460 g/mol. The van der Waals surface area contributed by atoms with Crippen LogP contribution in [0.15, 0.2) is 65.8 Å². The normalized spacial score (nSPS) is 10.6. The van der Waals surface area contributed by atoms with Gasteiger partial charge in [0.25, 0.3) is 5.69 Å². The van der Waals surface area contributed by atoms with Crippen molar-refractivity contribution in [2.75, 3.05) is 14.2 Å². The van der Waals surface area contributed by atoms with Crippen molar-refractivity contribution in [2.24, 2.45) is 5.10 Å². The van der Waals surface area contributed by atoms with E-state index in [4.69, 9.17) is 14.2 Å². The lowest BCUT2D eigenvalue weighted by Crippen LogP contribution is -2.19. The zero-order chi connectivity index (χ0) is 25.4. The van der Waals surface area contributed by atoms with Crippen molar-refractivity contribution in [3.63, 3.8) is 0 Å².